The summed E-state index contributed by atoms with van der Waals surface area (Å²) in [5.74, 6) is 0. The monoisotopic (exact) mass is 220 g/mol. The lowest BCUT2D eigenvalue weighted by Gasteiger charge is -2.25. The van der Waals surface area contributed by atoms with Gasteiger partial charge >= 0.3 is 0 Å². The molecule has 2 heteroatoms. The van der Waals surface area contributed by atoms with Crippen LogP contribution < -0.4 is 5.32 Å². The molecule has 16 heavy (non-hydrogen) atoms. The third-order valence-electron chi connectivity index (χ3n) is 3.13. The quantitative estimate of drug-likeness (QED) is 0.820. The summed E-state index contributed by atoms with van der Waals surface area (Å²) >= 11 is 0. The summed E-state index contributed by atoms with van der Waals surface area (Å²) in [7, 11) is 4.27. The van der Waals surface area contributed by atoms with E-state index in [0.29, 0.717) is 6.04 Å². The number of aryl methyl sites for hydroxylation is 2. The van der Waals surface area contributed by atoms with E-state index in [9.17, 15) is 0 Å². The summed E-state index contributed by atoms with van der Waals surface area (Å²) in [4.78, 5) is 2.27. The maximum Gasteiger partial charge on any atom is 0.0466 e. The highest BCUT2D eigenvalue weighted by Crippen LogP contribution is 2.20. The lowest BCUT2D eigenvalue weighted by Crippen LogP contribution is -2.31. The molecule has 1 aromatic carbocycles. The van der Waals surface area contributed by atoms with Crippen LogP contribution in [0.25, 0.3) is 0 Å². The van der Waals surface area contributed by atoms with E-state index in [-0.39, 0.29) is 0 Å². The fourth-order valence-corrected chi connectivity index (χ4v) is 1.85. The summed E-state index contributed by atoms with van der Waals surface area (Å²) in [5.41, 5.74) is 4.14. The number of nitrogens with zero attached hydrogens (tertiary/aromatic N) is 1. The molecule has 0 aliphatic heterocycles. The van der Waals surface area contributed by atoms with Gasteiger partial charge in [0.25, 0.3) is 0 Å². The molecule has 0 saturated heterocycles. The van der Waals surface area contributed by atoms with Crippen molar-refractivity contribution in [3.63, 3.8) is 0 Å². The Morgan fingerprint density at radius 3 is 2.38 bits per heavy atom. The van der Waals surface area contributed by atoms with Crippen molar-refractivity contribution < 1.29 is 0 Å². The van der Waals surface area contributed by atoms with Gasteiger partial charge in [0.05, 0.1) is 0 Å². The van der Waals surface area contributed by atoms with E-state index in [2.05, 4.69) is 63.3 Å². The SMILES string of the molecule is CCNCC(c1ccc(C)c(C)c1)N(C)C. The van der Waals surface area contributed by atoms with E-state index in [1.165, 1.54) is 16.7 Å². The number of hydrogen-bond donors (Lipinski definition) is 1. The normalized spacial score (nSPS) is 13.1. The van der Waals surface area contributed by atoms with Crippen molar-refractivity contribution in [2.24, 2.45) is 0 Å². The zero-order valence-corrected chi connectivity index (χ0v) is 11.2. The first-order chi connectivity index (χ1) is 7.56. The lowest BCUT2D eigenvalue weighted by atomic mass is 10.0. The van der Waals surface area contributed by atoms with E-state index >= 15 is 0 Å². The van der Waals surface area contributed by atoms with E-state index in [1.54, 1.807) is 0 Å². The third-order valence-corrected chi connectivity index (χ3v) is 3.13. The zero-order valence-electron chi connectivity index (χ0n) is 11.2. The molecule has 1 unspecified atom stereocenters. The van der Waals surface area contributed by atoms with Crippen LogP contribution in [-0.2, 0) is 0 Å². The van der Waals surface area contributed by atoms with Gasteiger partial charge in [0.15, 0.2) is 0 Å². The van der Waals surface area contributed by atoms with Crippen LogP contribution in [0.4, 0.5) is 0 Å². The van der Waals surface area contributed by atoms with Crippen molar-refractivity contribution in [3.8, 4) is 0 Å². The topological polar surface area (TPSA) is 15.3 Å². The molecular weight excluding hydrogens is 196 g/mol. The minimum Gasteiger partial charge on any atom is -0.315 e. The second-order valence-corrected chi connectivity index (χ2v) is 4.63. The molecular formula is C14H24N2. The molecule has 2 nitrogen and oxygen atoms in total. The van der Waals surface area contributed by atoms with E-state index in [4.69, 9.17) is 0 Å². The standard InChI is InChI=1S/C14H24N2/c1-6-15-10-14(16(4)5)13-8-7-11(2)12(3)9-13/h7-9,14-15H,6,10H2,1-5H3. The van der Waals surface area contributed by atoms with Crippen molar-refractivity contribution in [3.05, 3.63) is 34.9 Å². The van der Waals surface area contributed by atoms with Gasteiger partial charge in [-0.05, 0) is 51.2 Å². The highest BCUT2D eigenvalue weighted by Gasteiger charge is 2.13. The van der Waals surface area contributed by atoms with Gasteiger partial charge in [-0.3, -0.25) is 0 Å². The Hall–Kier alpha value is -0.860. The van der Waals surface area contributed by atoms with E-state index in [1.807, 2.05) is 0 Å². The predicted molar refractivity (Wildman–Crippen MR) is 70.9 cm³/mol. The highest BCUT2D eigenvalue weighted by atomic mass is 15.1. The molecule has 0 saturated carbocycles. The number of likely N-dealkylation sites (N-methyl/N-ethyl adjacent to an activating group) is 2. The molecule has 0 radical (unpaired) electrons. The minimum absolute atomic E-state index is 0.458. The molecule has 90 valence electrons. The molecule has 1 atom stereocenters. The molecule has 0 aliphatic carbocycles. The first kappa shape index (κ1) is 13.2. The number of rotatable bonds is 5. The average molecular weight is 220 g/mol. The van der Waals surface area contributed by atoms with Crippen LogP contribution >= 0.6 is 0 Å². The number of hydrogen-bond acceptors (Lipinski definition) is 2. The van der Waals surface area contributed by atoms with Crippen LogP contribution in [0.5, 0.6) is 0 Å². The summed E-state index contributed by atoms with van der Waals surface area (Å²) in [6, 6.07) is 7.22. The highest BCUT2D eigenvalue weighted by molar-refractivity contribution is 5.31. The molecule has 0 amide bonds. The molecule has 0 bridgehead atoms. The van der Waals surface area contributed by atoms with Crippen molar-refractivity contribution in [2.45, 2.75) is 26.8 Å². The minimum atomic E-state index is 0.458. The van der Waals surface area contributed by atoms with Crippen molar-refractivity contribution in [1.82, 2.24) is 10.2 Å². The fraction of sp³-hybridized carbons (Fsp3) is 0.571. The van der Waals surface area contributed by atoms with Crippen molar-refractivity contribution in [2.75, 3.05) is 27.2 Å². The summed E-state index contributed by atoms with van der Waals surface area (Å²) in [5, 5.41) is 3.42. The lowest BCUT2D eigenvalue weighted by molar-refractivity contribution is 0.290. The molecule has 0 aromatic heterocycles. The van der Waals surface area contributed by atoms with Gasteiger partial charge in [-0.2, -0.15) is 0 Å². The van der Waals surface area contributed by atoms with Crippen LogP contribution in [-0.4, -0.2) is 32.1 Å². The van der Waals surface area contributed by atoms with Crippen molar-refractivity contribution >= 4 is 0 Å². The Kier molecular flexibility index (Phi) is 4.97. The second kappa shape index (κ2) is 6.02. The summed E-state index contributed by atoms with van der Waals surface area (Å²) in [6.07, 6.45) is 0. The van der Waals surface area contributed by atoms with Crippen LogP contribution in [0.2, 0.25) is 0 Å². The second-order valence-electron chi connectivity index (χ2n) is 4.63. The smallest absolute Gasteiger partial charge is 0.0466 e. The molecule has 1 aromatic rings. The maximum absolute atomic E-state index is 3.42. The van der Waals surface area contributed by atoms with Gasteiger partial charge in [0.2, 0.25) is 0 Å². The van der Waals surface area contributed by atoms with Gasteiger partial charge < -0.3 is 10.2 Å². The van der Waals surface area contributed by atoms with E-state index < -0.39 is 0 Å². The Labute approximate surface area is 99.7 Å². The van der Waals surface area contributed by atoms with Crippen LogP contribution in [0, 0.1) is 13.8 Å². The molecule has 1 N–H and O–H groups in total. The van der Waals surface area contributed by atoms with Gasteiger partial charge in [-0.15, -0.1) is 0 Å². The Morgan fingerprint density at radius 1 is 1.19 bits per heavy atom. The van der Waals surface area contributed by atoms with Crippen LogP contribution in [0.15, 0.2) is 18.2 Å². The van der Waals surface area contributed by atoms with Crippen LogP contribution in [0.3, 0.4) is 0 Å². The summed E-state index contributed by atoms with van der Waals surface area (Å²) < 4.78 is 0. The number of nitrogens with one attached hydrogen (secondary N) is 1. The molecule has 0 heterocycles. The molecule has 0 fully saturated rings. The van der Waals surface area contributed by atoms with Crippen molar-refractivity contribution in [1.29, 1.82) is 0 Å². The Balaban J connectivity index is 2.88. The largest absolute Gasteiger partial charge is 0.315 e. The molecule has 0 aliphatic rings. The Bertz CT molecular complexity index is 332. The van der Waals surface area contributed by atoms with E-state index in [0.717, 1.165) is 13.1 Å². The fourth-order valence-electron chi connectivity index (χ4n) is 1.85. The third kappa shape index (κ3) is 3.32. The van der Waals surface area contributed by atoms with Gasteiger partial charge in [0, 0.05) is 12.6 Å². The predicted octanol–water partition coefficient (Wildman–Crippen LogP) is 2.52. The molecule has 1 rings (SSSR count). The maximum atomic E-state index is 3.42. The first-order valence-electron chi connectivity index (χ1n) is 6.00. The summed E-state index contributed by atoms with van der Waals surface area (Å²) in [6.45, 7) is 8.52. The molecule has 0 spiro atoms. The van der Waals surface area contributed by atoms with Gasteiger partial charge in [0.1, 0.15) is 0 Å². The van der Waals surface area contributed by atoms with Gasteiger partial charge in [-0.25, -0.2) is 0 Å². The average Bonchev–Trinajstić information content (AvgIpc) is 2.23. The Morgan fingerprint density at radius 2 is 1.88 bits per heavy atom. The van der Waals surface area contributed by atoms with Crippen LogP contribution in [0.1, 0.15) is 29.7 Å². The number of benzene rings is 1. The van der Waals surface area contributed by atoms with Gasteiger partial charge in [-0.1, -0.05) is 25.1 Å². The first-order valence-corrected chi connectivity index (χ1v) is 6.00. The zero-order chi connectivity index (χ0) is 12.1.